The van der Waals surface area contributed by atoms with Gasteiger partial charge in [0, 0.05) is 25.7 Å². The molecule has 0 radical (unpaired) electrons. The van der Waals surface area contributed by atoms with Gasteiger partial charge in [0.2, 0.25) is 0 Å². The van der Waals surface area contributed by atoms with Crippen LogP contribution in [-0.2, 0) is 0 Å². The van der Waals surface area contributed by atoms with Crippen molar-refractivity contribution in [3.63, 3.8) is 0 Å². The summed E-state index contributed by atoms with van der Waals surface area (Å²) in [6, 6.07) is 1.02. The van der Waals surface area contributed by atoms with Crippen LogP contribution in [0, 0.1) is 0 Å². The molecule has 0 aromatic rings. The van der Waals surface area contributed by atoms with Crippen molar-refractivity contribution in [2.45, 2.75) is 63.5 Å². The second kappa shape index (κ2) is 2.50. The molecule has 74 valence electrons. The van der Waals surface area contributed by atoms with Gasteiger partial charge in [-0.3, -0.25) is 0 Å². The van der Waals surface area contributed by atoms with Crippen molar-refractivity contribution in [2.24, 2.45) is 0 Å². The number of hydrogen-bond acceptors (Lipinski definition) is 0. The Labute approximate surface area is 81.7 Å². The van der Waals surface area contributed by atoms with Crippen molar-refractivity contribution in [3.05, 3.63) is 0 Å². The largest absolute Gasteiger partial charge is 0.306 e. The van der Waals surface area contributed by atoms with Crippen LogP contribution in [0.15, 0.2) is 0 Å². The number of hydrogen-bond donors (Lipinski definition) is 0. The van der Waals surface area contributed by atoms with Crippen LogP contribution in [-0.4, -0.2) is 29.2 Å². The summed E-state index contributed by atoms with van der Waals surface area (Å²) in [6.45, 7) is 5.55. The van der Waals surface area contributed by atoms with Crippen LogP contribution in [0.3, 0.4) is 0 Å². The van der Waals surface area contributed by atoms with Crippen molar-refractivity contribution >= 4 is 0 Å². The zero-order valence-corrected chi connectivity index (χ0v) is 8.89. The van der Waals surface area contributed by atoms with Crippen LogP contribution in [0.5, 0.6) is 0 Å². The molecule has 2 saturated heterocycles. The highest BCUT2D eigenvalue weighted by Gasteiger charge is 2.75. The molecule has 3 aliphatic rings. The second-order valence-corrected chi connectivity index (χ2v) is 5.53. The van der Waals surface area contributed by atoms with Crippen LogP contribution in [0.2, 0.25) is 0 Å². The molecule has 13 heavy (non-hydrogen) atoms. The van der Waals surface area contributed by atoms with Crippen LogP contribution in [0.4, 0.5) is 0 Å². The molecular weight excluding hydrogens is 158 g/mol. The molecule has 0 aromatic heterocycles. The van der Waals surface area contributed by atoms with E-state index in [1.807, 2.05) is 0 Å². The van der Waals surface area contributed by atoms with Gasteiger partial charge in [0.05, 0.1) is 13.1 Å². The topological polar surface area (TPSA) is 0 Å². The molecule has 1 aliphatic carbocycles. The minimum Gasteiger partial charge on any atom is -0.306 e. The third-order valence-corrected chi connectivity index (χ3v) is 5.42. The number of quaternary nitrogens is 1. The van der Waals surface area contributed by atoms with E-state index in [4.69, 9.17) is 0 Å². The molecule has 2 heterocycles. The number of nitrogens with zero attached hydrogens (tertiary/aromatic N) is 1. The molecule has 1 heteroatoms. The number of fused-ring (bicyclic) bond motifs is 1. The molecule has 3 fully saturated rings. The monoisotopic (exact) mass is 180 g/mol. The maximum absolute atomic E-state index is 2.52. The maximum Gasteiger partial charge on any atom is 0.152 e. The summed E-state index contributed by atoms with van der Waals surface area (Å²) >= 11 is 0. The molecule has 0 bridgehead atoms. The zero-order valence-electron chi connectivity index (χ0n) is 8.89. The third kappa shape index (κ3) is 0.823. The van der Waals surface area contributed by atoms with E-state index in [0.29, 0.717) is 0 Å². The Morgan fingerprint density at radius 2 is 1.54 bits per heavy atom. The van der Waals surface area contributed by atoms with E-state index in [9.17, 15) is 0 Å². The van der Waals surface area contributed by atoms with Gasteiger partial charge < -0.3 is 4.48 Å². The summed E-state index contributed by atoms with van der Waals surface area (Å²) in [5.74, 6) is 0. The molecular formula is C12H22N+. The summed E-state index contributed by atoms with van der Waals surface area (Å²) in [7, 11) is 0. The highest BCUT2D eigenvalue weighted by Crippen LogP contribution is 2.60. The molecule has 2 aliphatic heterocycles. The first-order valence-corrected chi connectivity index (χ1v) is 6.19. The average molecular weight is 180 g/mol. The van der Waals surface area contributed by atoms with Gasteiger partial charge in [-0.25, -0.2) is 0 Å². The van der Waals surface area contributed by atoms with Gasteiger partial charge in [-0.05, 0) is 19.8 Å². The molecule has 2 spiro atoms. The molecule has 1 nitrogen and oxygen atoms in total. The van der Waals surface area contributed by atoms with Gasteiger partial charge in [0.1, 0.15) is 6.04 Å². The molecule has 1 unspecified atom stereocenters. The molecule has 0 aromatic carbocycles. The fourth-order valence-corrected chi connectivity index (χ4v) is 4.63. The van der Waals surface area contributed by atoms with Crippen molar-refractivity contribution in [2.75, 3.05) is 13.1 Å². The van der Waals surface area contributed by atoms with Gasteiger partial charge in [-0.2, -0.15) is 0 Å². The molecule has 0 amide bonds. The second-order valence-electron chi connectivity index (χ2n) is 5.53. The molecule has 0 N–H and O–H groups in total. The Morgan fingerprint density at radius 1 is 0.923 bits per heavy atom. The van der Waals surface area contributed by atoms with Gasteiger partial charge in [0.15, 0.2) is 5.54 Å². The van der Waals surface area contributed by atoms with E-state index in [1.54, 1.807) is 17.3 Å². The lowest BCUT2D eigenvalue weighted by Crippen LogP contribution is -2.34. The van der Waals surface area contributed by atoms with E-state index in [1.165, 1.54) is 45.2 Å². The Bertz CT molecular complexity index is 209. The van der Waals surface area contributed by atoms with Crippen LogP contribution < -0.4 is 0 Å². The Hall–Kier alpha value is -0.0400. The summed E-state index contributed by atoms with van der Waals surface area (Å²) < 4.78 is 1.55. The minimum atomic E-state index is 0.800. The lowest BCUT2D eigenvalue weighted by atomic mass is 9.86. The van der Waals surface area contributed by atoms with Crippen molar-refractivity contribution < 1.29 is 4.48 Å². The summed E-state index contributed by atoms with van der Waals surface area (Å²) in [6.07, 6.45) is 10.7. The highest BCUT2D eigenvalue weighted by molar-refractivity contribution is 5.04. The summed E-state index contributed by atoms with van der Waals surface area (Å²) in [5, 5.41) is 0. The Balaban J connectivity index is 1.85. The van der Waals surface area contributed by atoms with Gasteiger partial charge >= 0.3 is 0 Å². The van der Waals surface area contributed by atoms with E-state index in [2.05, 4.69) is 6.92 Å². The van der Waals surface area contributed by atoms with Crippen molar-refractivity contribution in [1.29, 1.82) is 0 Å². The quantitative estimate of drug-likeness (QED) is 0.397. The van der Waals surface area contributed by atoms with Crippen molar-refractivity contribution in [1.82, 2.24) is 0 Å². The van der Waals surface area contributed by atoms with E-state index in [-0.39, 0.29) is 0 Å². The Kier molecular flexibility index (Phi) is 1.59. The predicted octanol–water partition coefficient (Wildman–Crippen LogP) is 2.70. The van der Waals surface area contributed by atoms with E-state index < -0.39 is 0 Å². The van der Waals surface area contributed by atoms with Gasteiger partial charge in [-0.1, -0.05) is 6.42 Å². The first-order chi connectivity index (χ1) is 6.32. The lowest BCUT2D eigenvalue weighted by Gasteiger charge is -2.25. The van der Waals surface area contributed by atoms with Gasteiger partial charge in [-0.15, -0.1) is 0 Å². The smallest absolute Gasteiger partial charge is 0.152 e. The van der Waals surface area contributed by atoms with E-state index >= 15 is 0 Å². The third-order valence-electron chi connectivity index (χ3n) is 5.42. The predicted molar refractivity (Wildman–Crippen MR) is 54.5 cm³/mol. The van der Waals surface area contributed by atoms with Crippen LogP contribution in [0.25, 0.3) is 0 Å². The van der Waals surface area contributed by atoms with Gasteiger partial charge in [0.25, 0.3) is 0 Å². The first-order valence-electron chi connectivity index (χ1n) is 6.19. The SMILES string of the molecule is CC1C2(CCCCC2)[N+]12CCCC2. The summed E-state index contributed by atoms with van der Waals surface area (Å²) in [4.78, 5) is 0. The van der Waals surface area contributed by atoms with Crippen LogP contribution >= 0.6 is 0 Å². The zero-order chi connectivity index (χ0) is 8.94. The molecule has 1 atom stereocenters. The fourth-order valence-electron chi connectivity index (χ4n) is 4.63. The fraction of sp³-hybridized carbons (Fsp3) is 1.00. The highest BCUT2D eigenvalue weighted by atomic mass is 15.6. The molecule has 1 saturated carbocycles. The Morgan fingerprint density at radius 3 is 2.15 bits per heavy atom. The lowest BCUT2D eigenvalue weighted by molar-refractivity contribution is -0.829. The first kappa shape index (κ1) is 8.28. The van der Waals surface area contributed by atoms with E-state index in [0.717, 1.165) is 11.6 Å². The normalized spacial score (nSPS) is 39.9. The maximum atomic E-state index is 2.52. The standard InChI is InChI=1S/C12H22N/c1-11-12(7-3-2-4-8-12)13(11)9-5-6-10-13/h11H,2-10H2,1H3/q+1. The average Bonchev–Trinajstić information content (AvgIpc) is 2.65. The minimum absolute atomic E-state index is 0.800. The number of rotatable bonds is 0. The van der Waals surface area contributed by atoms with Crippen LogP contribution in [0.1, 0.15) is 51.9 Å². The van der Waals surface area contributed by atoms with Crippen molar-refractivity contribution in [3.8, 4) is 0 Å². The molecule has 3 rings (SSSR count). The summed E-state index contributed by atoms with van der Waals surface area (Å²) in [5.41, 5.74) is 0.800.